The Morgan fingerprint density at radius 1 is 1.45 bits per heavy atom. The van der Waals surface area contributed by atoms with Crippen LogP contribution >= 0.6 is 15.9 Å². The monoisotopic (exact) mass is 344 g/mol. The first kappa shape index (κ1) is 16.1. The van der Waals surface area contributed by atoms with Gasteiger partial charge in [-0.15, -0.1) is 0 Å². The van der Waals surface area contributed by atoms with Gasteiger partial charge < -0.3 is 9.64 Å². The van der Waals surface area contributed by atoms with Gasteiger partial charge in [-0.05, 0) is 28.9 Å². The first-order valence-corrected chi connectivity index (χ1v) is 6.50. The van der Waals surface area contributed by atoms with Gasteiger partial charge in [-0.3, -0.25) is 19.7 Å². The molecule has 1 rings (SSSR count). The fourth-order valence-electron chi connectivity index (χ4n) is 1.54. The third kappa shape index (κ3) is 3.53. The fourth-order valence-corrected chi connectivity index (χ4v) is 2.12. The number of carbonyl (C=O) groups is 2. The number of halogens is 1. The maximum Gasteiger partial charge on any atom is 0.325 e. The number of esters is 1. The molecule has 0 spiro atoms. The molecular weight excluding hydrogens is 332 g/mol. The van der Waals surface area contributed by atoms with E-state index in [4.69, 9.17) is 0 Å². The smallest absolute Gasteiger partial charge is 0.325 e. The number of methoxy groups -OCH3 is 1. The van der Waals surface area contributed by atoms with Crippen molar-refractivity contribution in [3.05, 3.63) is 38.3 Å². The van der Waals surface area contributed by atoms with Crippen LogP contribution in [-0.4, -0.2) is 41.9 Å². The van der Waals surface area contributed by atoms with Crippen LogP contribution in [0.2, 0.25) is 0 Å². The van der Waals surface area contributed by atoms with E-state index in [9.17, 15) is 19.7 Å². The number of hydrogen-bond acceptors (Lipinski definition) is 5. The topological polar surface area (TPSA) is 89.8 Å². The fraction of sp³-hybridized carbons (Fsp3) is 0.333. The lowest BCUT2D eigenvalue weighted by Gasteiger charge is -2.19. The Bertz CT molecular complexity index is 547. The van der Waals surface area contributed by atoms with Gasteiger partial charge in [-0.2, -0.15) is 0 Å². The van der Waals surface area contributed by atoms with Gasteiger partial charge in [0.1, 0.15) is 11.0 Å². The second-order valence-electron chi connectivity index (χ2n) is 3.79. The van der Waals surface area contributed by atoms with E-state index in [1.807, 2.05) is 0 Å². The Morgan fingerprint density at radius 3 is 2.60 bits per heavy atom. The number of amides is 1. The number of rotatable bonds is 5. The molecule has 20 heavy (non-hydrogen) atoms. The van der Waals surface area contributed by atoms with Gasteiger partial charge in [0.05, 0.1) is 17.6 Å². The minimum absolute atomic E-state index is 0.0957. The van der Waals surface area contributed by atoms with Crippen LogP contribution in [0.15, 0.2) is 22.7 Å². The molecule has 1 aromatic carbocycles. The first-order chi connectivity index (χ1) is 9.42. The average Bonchev–Trinajstić information content (AvgIpc) is 2.43. The summed E-state index contributed by atoms with van der Waals surface area (Å²) in [5.41, 5.74) is -0.0741. The van der Waals surface area contributed by atoms with Crippen molar-refractivity contribution in [1.82, 2.24) is 4.90 Å². The predicted molar refractivity (Wildman–Crippen MR) is 74.4 cm³/mol. The van der Waals surface area contributed by atoms with Crippen LogP contribution in [0, 0.1) is 10.1 Å². The van der Waals surface area contributed by atoms with Crippen molar-refractivity contribution in [2.75, 3.05) is 20.2 Å². The van der Waals surface area contributed by atoms with Crippen LogP contribution in [0.1, 0.15) is 17.3 Å². The van der Waals surface area contributed by atoms with Crippen molar-refractivity contribution in [2.45, 2.75) is 6.92 Å². The van der Waals surface area contributed by atoms with E-state index in [0.717, 1.165) is 0 Å². The standard InChI is InChI=1S/C12H13BrN2O5/c1-3-14(7-10(16)20-2)12(17)8-5-4-6-9(11(8)13)15(18)19/h4-6H,3,7H2,1-2H3. The molecule has 0 fully saturated rings. The normalized spacial score (nSPS) is 9.95. The number of carbonyl (C=O) groups excluding carboxylic acids is 2. The average molecular weight is 345 g/mol. The maximum atomic E-state index is 12.3. The Hall–Kier alpha value is -1.96. The number of nitro benzene ring substituents is 1. The summed E-state index contributed by atoms with van der Waals surface area (Å²) in [6.45, 7) is 1.77. The molecule has 0 saturated heterocycles. The summed E-state index contributed by atoms with van der Waals surface area (Å²) in [5.74, 6) is -1.03. The summed E-state index contributed by atoms with van der Waals surface area (Å²) in [4.78, 5) is 35.0. The number of benzene rings is 1. The third-order valence-electron chi connectivity index (χ3n) is 2.62. The van der Waals surface area contributed by atoms with Crippen molar-refractivity contribution in [1.29, 1.82) is 0 Å². The largest absolute Gasteiger partial charge is 0.468 e. The molecule has 7 nitrogen and oxygen atoms in total. The van der Waals surface area contributed by atoms with Crippen LogP contribution in [0.4, 0.5) is 5.69 Å². The van der Waals surface area contributed by atoms with Crippen LogP contribution < -0.4 is 0 Å². The van der Waals surface area contributed by atoms with Crippen molar-refractivity contribution in [3.63, 3.8) is 0 Å². The lowest BCUT2D eigenvalue weighted by molar-refractivity contribution is -0.385. The van der Waals surface area contributed by atoms with E-state index < -0.39 is 16.8 Å². The lowest BCUT2D eigenvalue weighted by atomic mass is 10.1. The van der Waals surface area contributed by atoms with Gasteiger partial charge in [0.15, 0.2) is 0 Å². The zero-order chi connectivity index (χ0) is 15.3. The summed E-state index contributed by atoms with van der Waals surface area (Å²) >= 11 is 3.06. The Labute approximate surface area is 123 Å². The number of ether oxygens (including phenoxy) is 1. The van der Waals surface area contributed by atoms with Gasteiger partial charge in [-0.25, -0.2) is 0 Å². The van der Waals surface area contributed by atoms with Gasteiger partial charge in [0.25, 0.3) is 11.6 Å². The molecule has 0 aliphatic heterocycles. The van der Waals surface area contributed by atoms with E-state index in [1.54, 1.807) is 6.92 Å². The first-order valence-electron chi connectivity index (χ1n) is 5.71. The molecule has 108 valence electrons. The zero-order valence-electron chi connectivity index (χ0n) is 11.0. The van der Waals surface area contributed by atoms with Crippen LogP contribution in [0.25, 0.3) is 0 Å². The minimum Gasteiger partial charge on any atom is -0.468 e. The molecule has 0 aromatic heterocycles. The molecule has 0 bridgehead atoms. The van der Waals surface area contributed by atoms with Crippen molar-refractivity contribution in [2.24, 2.45) is 0 Å². The Kier molecular flexibility index (Phi) is 5.63. The summed E-state index contributed by atoms with van der Waals surface area (Å²) in [6.07, 6.45) is 0. The Morgan fingerprint density at radius 2 is 2.10 bits per heavy atom. The molecule has 0 aliphatic carbocycles. The maximum absolute atomic E-state index is 12.3. The summed E-state index contributed by atoms with van der Waals surface area (Å²) < 4.78 is 4.60. The molecule has 8 heteroatoms. The molecule has 0 atom stereocenters. The predicted octanol–water partition coefficient (Wildman–Crippen LogP) is 1.99. The summed E-state index contributed by atoms with van der Waals surface area (Å²) in [5, 5.41) is 10.8. The quantitative estimate of drug-likeness (QED) is 0.463. The van der Waals surface area contributed by atoms with Crippen molar-refractivity contribution in [3.8, 4) is 0 Å². The number of hydrogen-bond donors (Lipinski definition) is 0. The van der Waals surface area contributed by atoms with Crippen molar-refractivity contribution >= 4 is 33.5 Å². The molecule has 0 aliphatic rings. The van der Waals surface area contributed by atoms with Gasteiger partial charge >= 0.3 is 5.97 Å². The molecule has 0 radical (unpaired) electrons. The molecule has 0 saturated carbocycles. The SMILES string of the molecule is CCN(CC(=O)OC)C(=O)c1cccc([N+](=O)[O-])c1Br. The molecule has 1 amide bonds. The molecule has 0 heterocycles. The molecule has 1 aromatic rings. The highest BCUT2D eigenvalue weighted by Crippen LogP contribution is 2.29. The van der Waals surface area contributed by atoms with E-state index in [-0.39, 0.29) is 28.8 Å². The minimum atomic E-state index is -0.586. The molecular formula is C12H13BrN2O5. The molecule has 0 unspecified atom stereocenters. The zero-order valence-corrected chi connectivity index (χ0v) is 12.5. The number of nitrogens with zero attached hydrogens (tertiary/aromatic N) is 2. The lowest BCUT2D eigenvalue weighted by Crippen LogP contribution is -2.36. The second kappa shape index (κ2) is 6.99. The van der Waals surface area contributed by atoms with Crippen LogP contribution in [-0.2, 0) is 9.53 Å². The highest BCUT2D eigenvalue weighted by atomic mass is 79.9. The highest BCUT2D eigenvalue weighted by molar-refractivity contribution is 9.10. The second-order valence-corrected chi connectivity index (χ2v) is 4.58. The Balaban J connectivity index is 3.10. The third-order valence-corrected chi connectivity index (χ3v) is 3.46. The van der Waals surface area contributed by atoms with Gasteiger partial charge in [0.2, 0.25) is 0 Å². The summed E-state index contributed by atoms with van der Waals surface area (Å²) in [7, 11) is 1.23. The number of nitro groups is 1. The van der Waals surface area contributed by atoms with Gasteiger partial charge in [-0.1, -0.05) is 6.07 Å². The molecule has 0 N–H and O–H groups in total. The highest BCUT2D eigenvalue weighted by Gasteiger charge is 2.24. The number of likely N-dealkylation sites (N-methyl/N-ethyl adjacent to an activating group) is 1. The van der Waals surface area contributed by atoms with Crippen LogP contribution in [0.5, 0.6) is 0 Å². The van der Waals surface area contributed by atoms with E-state index in [2.05, 4.69) is 20.7 Å². The van der Waals surface area contributed by atoms with E-state index in [0.29, 0.717) is 0 Å². The van der Waals surface area contributed by atoms with E-state index >= 15 is 0 Å². The van der Waals surface area contributed by atoms with Crippen molar-refractivity contribution < 1.29 is 19.2 Å². The van der Waals surface area contributed by atoms with Crippen LogP contribution in [0.3, 0.4) is 0 Å². The summed E-state index contributed by atoms with van der Waals surface area (Å²) in [6, 6.07) is 4.17. The van der Waals surface area contributed by atoms with E-state index in [1.165, 1.54) is 30.2 Å². The van der Waals surface area contributed by atoms with Gasteiger partial charge in [0, 0.05) is 12.6 Å².